The van der Waals surface area contributed by atoms with Gasteiger partial charge in [-0.2, -0.15) is 0 Å². The lowest BCUT2D eigenvalue weighted by atomic mass is 10.2. The van der Waals surface area contributed by atoms with Gasteiger partial charge in [0.15, 0.2) is 6.61 Å². The number of benzene rings is 1. The molecule has 0 aromatic heterocycles. The van der Waals surface area contributed by atoms with E-state index >= 15 is 0 Å². The second kappa shape index (κ2) is 5.26. The van der Waals surface area contributed by atoms with Crippen LogP contribution in [-0.2, 0) is 9.53 Å². The average Bonchev–Trinajstić information content (AvgIpc) is 3.22. The van der Waals surface area contributed by atoms with Crippen molar-refractivity contribution >= 4 is 17.6 Å². The third-order valence-electron chi connectivity index (χ3n) is 3.05. The van der Waals surface area contributed by atoms with E-state index in [9.17, 15) is 14.0 Å². The maximum absolute atomic E-state index is 13.2. The van der Waals surface area contributed by atoms with E-state index in [4.69, 9.17) is 10.5 Å². The first kappa shape index (κ1) is 13.3. The van der Waals surface area contributed by atoms with Crippen molar-refractivity contribution in [2.45, 2.75) is 18.9 Å². The van der Waals surface area contributed by atoms with Crippen LogP contribution in [0, 0.1) is 5.82 Å². The van der Waals surface area contributed by atoms with Gasteiger partial charge in [0.1, 0.15) is 5.82 Å². The Balaban J connectivity index is 1.89. The normalized spacial score (nSPS) is 14.0. The highest BCUT2D eigenvalue weighted by atomic mass is 19.1. The predicted octanol–water partition coefficient (Wildman–Crippen LogP) is 1.19. The highest BCUT2D eigenvalue weighted by molar-refractivity contribution is 5.91. The van der Waals surface area contributed by atoms with E-state index < -0.39 is 11.8 Å². The number of anilines is 1. The highest BCUT2D eigenvalue weighted by Crippen LogP contribution is 2.25. The minimum atomic E-state index is -0.739. The van der Waals surface area contributed by atoms with E-state index in [1.54, 1.807) is 11.9 Å². The summed E-state index contributed by atoms with van der Waals surface area (Å²) in [5.41, 5.74) is 5.30. The zero-order valence-electron chi connectivity index (χ0n) is 10.6. The topological polar surface area (TPSA) is 72.6 Å². The van der Waals surface area contributed by atoms with Gasteiger partial charge in [0.25, 0.3) is 5.91 Å². The van der Waals surface area contributed by atoms with Crippen LogP contribution in [0.25, 0.3) is 0 Å². The van der Waals surface area contributed by atoms with Gasteiger partial charge in [-0.3, -0.25) is 4.79 Å². The molecule has 5 nitrogen and oxygen atoms in total. The molecule has 102 valence electrons. The van der Waals surface area contributed by atoms with Crippen molar-refractivity contribution in [3.63, 3.8) is 0 Å². The Morgan fingerprint density at radius 2 is 2.16 bits per heavy atom. The van der Waals surface area contributed by atoms with Crippen molar-refractivity contribution < 1.29 is 18.7 Å². The molecule has 0 heterocycles. The second-order valence-electron chi connectivity index (χ2n) is 4.55. The van der Waals surface area contributed by atoms with Crippen LogP contribution in [0.1, 0.15) is 23.2 Å². The third-order valence-corrected chi connectivity index (χ3v) is 3.05. The molecule has 2 N–H and O–H groups in total. The lowest BCUT2D eigenvalue weighted by molar-refractivity contribution is -0.133. The summed E-state index contributed by atoms with van der Waals surface area (Å²) in [4.78, 5) is 24.8. The fourth-order valence-electron chi connectivity index (χ4n) is 1.63. The van der Waals surface area contributed by atoms with E-state index in [0.29, 0.717) is 0 Å². The number of halogens is 1. The Kier molecular flexibility index (Phi) is 3.69. The van der Waals surface area contributed by atoms with Gasteiger partial charge < -0.3 is 15.4 Å². The number of ether oxygens (including phenoxy) is 1. The van der Waals surface area contributed by atoms with Gasteiger partial charge in [-0.1, -0.05) is 0 Å². The summed E-state index contributed by atoms with van der Waals surface area (Å²) < 4.78 is 18.0. The number of rotatable bonds is 4. The molecule has 6 heteroatoms. The van der Waals surface area contributed by atoms with Gasteiger partial charge in [0.2, 0.25) is 0 Å². The fraction of sp³-hybridized carbons (Fsp3) is 0.385. The Morgan fingerprint density at radius 1 is 1.47 bits per heavy atom. The van der Waals surface area contributed by atoms with E-state index in [1.165, 1.54) is 12.1 Å². The molecule has 1 saturated carbocycles. The van der Waals surface area contributed by atoms with Gasteiger partial charge in [-0.05, 0) is 31.0 Å². The molecule has 0 spiro atoms. The van der Waals surface area contributed by atoms with Gasteiger partial charge >= 0.3 is 5.97 Å². The van der Waals surface area contributed by atoms with Crippen molar-refractivity contribution in [2.75, 3.05) is 19.4 Å². The number of hydrogen-bond donors (Lipinski definition) is 1. The number of amides is 1. The van der Waals surface area contributed by atoms with Crippen molar-refractivity contribution in [3.8, 4) is 0 Å². The zero-order chi connectivity index (χ0) is 14.0. The minimum absolute atomic E-state index is 0.0357. The predicted molar refractivity (Wildman–Crippen MR) is 66.9 cm³/mol. The van der Waals surface area contributed by atoms with Crippen molar-refractivity contribution in [1.82, 2.24) is 4.90 Å². The first-order chi connectivity index (χ1) is 8.99. The smallest absolute Gasteiger partial charge is 0.338 e. The Morgan fingerprint density at radius 3 is 2.74 bits per heavy atom. The number of likely N-dealkylation sites (N-methyl/N-ethyl adjacent to an activating group) is 1. The van der Waals surface area contributed by atoms with Gasteiger partial charge in [-0.15, -0.1) is 0 Å². The largest absolute Gasteiger partial charge is 0.452 e. The molecular weight excluding hydrogens is 251 g/mol. The quantitative estimate of drug-likeness (QED) is 0.656. The molecule has 0 saturated heterocycles. The number of carbonyl (C=O) groups is 2. The molecule has 19 heavy (non-hydrogen) atoms. The zero-order valence-corrected chi connectivity index (χ0v) is 10.6. The van der Waals surface area contributed by atoms with Crippen molar-refractivity contribution in [3.05, 3.63) is 29.6 Å². The number of esters is 1. The second-order valence-corrected chi connectivity index (χ2v) is 4.55. The first-order valence-electron chi connectivity index (χ1n) is 5.97. The summed E-state index contributed by atoms with van der Waals surface area (Å²) in [7, 11) is 1.68. The van der Waals surface area contributed by atoms with Crippen LogP contribution in [-0.4, -0.2) is 36.5 Å². The molecule has 0 atom stereocenters. The summed E-state index contributed by atoms with van der Waals surface area (Å²) in [5.74, 6) is -1.68. The standard InChI is InChI=1S/C13H15FN2O3/c1-16(9-3-4-9)12(17)7-19-13(18)8-2-5-11(15)10(14)6-8/h2,5-6,9H,3-4,7,15H2,1H3. The molecule has 1 aromatic rings. The molecule has 1 amide bonds. The molecular formula is C13H15FN2O3. The molecule has 0 unspecified atom stereocenters. The Bertz CT molecular complexity index is 515. The molecule has 0 bridgehead atoms. The minimum Gasteiger partial charge on any atom is -0.452 e. The Hall–Kier alpha value is -2.11. The molecule has 0 aliphatic heterocycles. The summed E-state index contributed by atoms with van der Waals surface area (Å²) in [6.07, 6.45) is 1.97. The molecule has 0 radical (unpaired) electrons. The number of nitrogens with two attached hydrogens (primary N) is 1. The lowest BCUT2D eigenvalue weighted by Gasteiger charge is -2.15. The average molecular weight is 266 g/mol. The first-order valence-corrected chi connectivity index (χ1v) is 5.97. The lowest BCUT2D eigenvalue weighted by Crippen LogP contribution is -2.32. The van der Waals surface area contributed by atoms with Crippen LogP contribution in [0.15, 0.2) is 18.2 Å². The van der Waals surface area contributed by atoms with Crippen LogP contribution in [0.2, 0.25) is 0 Å². The van der Waals surface area contributed by atoms with Crippen LogP contribution in [0.3, 0.4) is 0 Å². The number of hydrogen-bond acceptors (Lipinski definition) is 4. The van der Waals surface area contributed by atoms with Crippen LogP contribution >= 0.6 is 0 Å². The maximum Gasteiger partial charge on any atom is 0.338 e. The summed E-state index contributed by atoms with van der Waals surface area (Å²) in [6, 6.07) is 3.90. The van der Waals surface area contributed by atoms with Gasteiger partial charge in [0, 0.05) is 13.1 Å². The fourth-order valence-corrected chi connectivity index (χ4v) is 1.63. The number of carbonyl (C=O) groups excluding carboxylic acids is 2. The Labute approximate surface area is 110 Å². The molecule has 1 aliphatic rings. The van der Waals surface area contributed by atoms with Crippen molar-refractivity contribution in [1.29, 1.82) is 0 Å². The van der Waals surface area contributed by atoms with Crippen LogP contribution < -0.4 is 5.73 Å². The van der Waals surface area contributed by atoms with Crippen LogP contribution in [0.5, 0.6) is 0 Å². The third kappa shape index (κ3) is 3.21. The monoisotopic (exact) mass is 266 g/mol. The van der Waals surface area contributed by atoms with E-state index in [-0.39, 0.29) is 29.8 Å². The van der Waals surface area contributed by atoms with E-state index in [2.05, 4.69) is 0 Å². The molecule has 2 rings (SSSR count). The molecule has 1 aromatic carbocycles. The van der Waals surface area contributed by atoms with E-state index in [1.807, 2.05) is 0 Å². The molecule has 1 fully saturated rings. The number of nitrogen functional groups attached to an aromatic ring is 1. The summed E-state index contributed by atoms with van der Waals surface area (Å²) in [6.45, 7) is -0.335. The highest BCUT2D eigenvalue weighted by Gasteiger charge is 2.29. The van der Waals surface area contributed by atoms with Gasteiger partial charge in [-0.25, -0.2) is 9.18 Å². The van der Waals surface area contributed by atoms with Gasteiger partial charge in [0.05, 0.1) is 11.3 Å². The summed E-state index contributed by atoms with van der Waals surface area (Å²) in [5, 5.41) is 0. The maximum atomic E-state index is 13.2. The molecule has 1 aliphatic carbocycles. The van der Waals surface area contributed by atoms with Crippen LogP contribution in [0.4, 0.5) is 10.1 Å². The van der Waals surface area contributed by atoms with Crippen molar-refractivity contribution in [2.24, 2.45) is 0 Å². The summed E-state index contributed by atoms with van der Waals surface area (Å²) >= 11 is 0. The number of nitrogens with zero attached hydrogens (tertiary/aromatic N) is 1. The van der Waals surface area contributed by atoms with E-state index in [0.717, 1.165) is 18.9 Å². The SMILES string of the molecule is CN(C(=O)COC(=O)c1ccc(N)c(F)c1)C1CC1.